The van der Waals surface area contributed by atoms with Gasteiger partial charge in [-0.05, 0) is 174 Å². The van der Waals surface area contributed by atoms with Gasteiger partial charge in [0.15, 0.2) is 0 Å². The van der Waals surface area contributed by atoms with Crippen LogP contribution in [0, 0.1) is 0 Å². The fraction of sp³-hybridized carbons (Fsp3) is 0.0727. The first-order valence-electron chi connectivity index (χ1n) is 20.9. The molecule has 0 aliphatic carbocycles. The Kier molecular flexibility index (Phi) is 15.1. The van der Waals surface area contributed by atoms with Gasteiger partial charge in [-0.1, -0.05) is 43.0 Å². The standard InChI is InChI=1S/C55H40O12/c1-2-51(58)63-29-3-4-30-64-52(59)41-21-27-50(28-22-41)67-55(62)44-19-13-40(14-20-44)47-32-45(38-9-15-42(16-10-38)53(60)65-48-23-5-36(34-56)6-24-48)31-46(33-47)39-11-17-43(18-12-39)54(61)66-49-25-7-37(35-57)8-26-49/h2,5-28,31-35H,1,3-4,29-30H2. The second kappa shape index (κ2) is 22.0. The van der Waals surface area contributed by atoms with Crippen LogP contribution in [-0.2, 0) is 14.3 Å². The molecule has 0 spiro atoms. The summed E-state index contributed by atoms with van der Waals surface area (Å²) in [6.45, 7) is 3.67. The molecule has 12 nitrogen and oxygen atoms in total. The summed E-state index contributed by atoms with van der Waals surface area (Å²) < 4.78 is 26.8. The van der Waals surface area contributed by atoms with Gasteiger partial charge in [0.2, 0.25) is 0 Å². The number of ether oxygens (including phenoxy) is 5. The van der Waals surface area contributed by atoms with Crippen molar-refractivity contribution in [3.63, 3.8) is 0 Å². The molecule has 0 aliphatic rings. The summed E-state index contributed by atoms with van der Waals surface area (Å²) in [5, 5.41) is 0. The van der Waals surface area contributed by atoms with Crippen molar-refractivity contribution in [2.75, 3.05) is 13.2 Å². The minimum absolute atomic E-state index is 0.142. The van der Waals surface area contributed by atoms with E-state index in [2.05, 4.69) is 6.58 Å². The van der Waals surface area contributed by atoms with Gasteiger partial charge in [0.05, 0.1) is 35.5 Å². The first-order chi connectivity index (χ1) is 32.6. The van der Waals surface area contributed by atoms with E-state index in [1.165, 1.54) is 24.3 Å². The third-order valence-corrected chi connectivity index (χ3v) is 10.2. The van der Waals surface area contributed by atoms with Crippen LogP contribution in [0.1, 0.15) is 75.0 Å². The Bertz CT molecular complexity index is 2790. The number of unbranched alkanes of at least 4 members (excludes halogenated alkanes) is 1. The molecule has 7 aromatic rings. The van der Waals surface area contributed by atoms with E-state index in [9.17, 15) is 33.6 Å². The molecule has 0 heterocycles. The van der Waals surface area contributed by atoms with Crippen molar-refractivity contribution in [2.24, 2.45) is 0 Å². The van der Waals surface area contributed by atoms with Gasteiger partial charge in [0, 0.05) is 17.2 Å². The molecule has 0 fully saturated rings. The average Bonchev–Trinajstić information content (AvgIpc) is 3.37. The summed E-state index contributed by atoms with van der Waals surface area (Å²) in [4.78, 5) is 84.9. The predicted molar refractivity (Wildman–Crippen MR) is 248 cm³/mol. The van der Waals surface area contributed by atoms with Crippen molar-refractivity contribution >= 4 is 42.4 Å². The summed E-state index contributed by atoms with van der Waals surface area (Å²) >= 11 is 0. The molecule has 0 saturated heterocycles. The van der Waals surface area contributed by atoms with Gasteiger partial charge < -0.3 is 23.7 Å². The van der Waals surface area contributed by atoms with E-state index in [0.29, 0.717) is 59.2 Å². The Balaban J connectivity index is 1.07. The number of hydrogen-bond acceptors (Lipinski definition) is 12. The highest BCUT2D eigenvalue weighted by molar-refractivity contribution is 5.95. The van der Waals surface area contributed by atoms with Crippen molar-refractivity contribution in [3.05, 3.63) is 210 Å². The molecule has 0 radical (unpaired) electrons. The lowest BCUT2D eigenvalue weighted by Gasteiger charge is -2.13. The third kappa shape index (κ3) is 12.4. The van der Waals surface area contributed by atoms with Crippen LogP contribution in [0.5, 0.6) is 17.2 Å². The molecule has 7 rings (SSSR count). The van der Waals surface area contributed by atoms with Crippen LogP contribution < -0.4 is 14.2 Å². The molecular weight excluding hydrogens is 853 g/mol. The topological polar surface area (TPSA) is 166 Å². The van der Waals surface area contributed by atoms with Crippen molar-refractivity contribution in [1.82, 2.24) is 0 Å². The molecule has 0 N–H and O–H groups in total. The molecule has 7 aromatic carbocycles. The summed E-state index contributed by atoms with van der Waals surface area (Å²) in [5.74, 6) is -1.97. The fourth-order valence-electron chi connectivity index (χ4n) is 6.59. The molecule has 0 unspecified atom stereocenters. The molecule has 67 heavy (non-hydrogen) atoms. The van der Waals surface area contributed by atoms with E-state index in [1.54, 1.807) is 121 Å². The SMILES string of the molecule is C=CC(=O)OCCCCOC(=O)c1ccc(OC(=O)c2ccc(-c3cc(-c4ccc(C(=O)Oc5ccc(C=O)cc5)cc4)cc(-c4ccc(C(=O)Oc5ccc(C=O)cc5)cc4)c3)cc2)cc1. The molecule has 332 valence electrons. The number of hydrogen-bond donors (Lipinski definition) is 0. The van der Waals surface area contributed by atoms with Gasteiger partial charge in [-0.3, -0.25) is 9.59 Å². The quantitative estimate of drug-likeness (QED) is 0.0263. The zero-order valence-corrected chi connectivity index (χ0v) is 35.8. The van der Waals surface area contributed by atoms with Crippen LogP contribution in [0.15, 0.2) is 176 Å². The number of carbonyl (C=O) groups is 7. The lowest BCUT2D eigenvalue weighted by Crippen LogP contribution is -2.10. The summed E-state index contributed by atoms with van der Waals surface area (Å²) in [7, 11) is 0. The van der Waals surface area contributed by atoms with Gasteiger partial charge in [-0.2, -0.15) is 0 Å². The van der Waals surface area contributed by atoms with Crippen LogP contribution in [-0.4, -0.2) is 55.6 Å². The molecule has 0 saturated carbocycles. The maximum atomic E-state index is 13.2. The maximum absolute atomic E-state index is 13.2. The van der Waals surface area contributed by atoms with E-state index in [4.69, 9.17) is 23.7 Å². The van der Waals surface area contributed by atoms with E-state index < -0.39 is 29.8 Å². The second-order valence-electron chi connectivity index (χ2n) is 14.8. The van der Waals surface area contributed by atoms with Gasteiger partial charge in [0.25, 0.3) is 0 Å². The number of carbonyl (C=O) groups excluding carboxylic acids is 7. The van der Waals surface area contributed by atoms with Crippen molar-refractivity contribution in [2.45, 2.75) is 12.8 Å². The Morgan fingerprint density at radius 1 is 0.373 bits per heavy atom. The second-order valence-corrected chi connectivity index (χ2v) is 14.8. The average molecular weight is 893 g/mol. The van der Waals surface area contributed by atoms with Gasteiger partial charge in [-0.15, -0.1) is 0 Å². The van der Waals surface area contributed by atoms with E-state index in [1.807, 2.05) is 18.2 Å². The number of esters is 5. The largest absolute Gasteiger partial charge is 0.463 e. The van der Waals surface area contributed by atoms with E-state index in [-0.39, 0.29) is 30.1 Å². The molecule has 0 amide bonds. The van der Waals surface area contributed by atoms with Gasteiger partial charge >= 0.3 is 29.8 Å². The summed E-state index contributed by atoms with van der Waals surface area (Å²) in [6.07, 6.45) is 3.51. The summed E-state index contributed by atoms with van der Waals surface area (Å²) in [6, 6.07) is 45.1. The van der Waals surface area contributed by atoms with Crippen molar-refractivity contribution in [3.8, 4) is 50.6 Å². The highest BCUT2D eigenvalue weighted by Crippen LogP contribution is 2.34. The minimum atomic E-state index is -0.610. The number of rotatable bonds is 18. The molecule has 12 heteroatoms. The van der Waals surface area contributed by atoms with Crippen molar-refractivity contribution < 1.29 is 57.2 Å². The van der Waals surface area contributed by atoms with Gasteiger partial charge in [-0.25, -0.2) is 24.0 Å². The lowest BCUT2D eigenvalue weighted by molar-refractivity contribution is -0.137. The Morgan fingerprint density at radius 3 is 1.00 bits per heavy atom. The zero-order valence-electron chi connectivity index (χ0n) is 35.8. The summed E-state index contributed by atoms with van der Waals surface area (Å²) in [5.41, 5.74) is 6.88. The predicted octanol–water partition coefficient (Wildman–Crippen LogP) is 10.6. The van der Waals surface area contributed by atoms with Crippen LogP contribution in [0.25, 0.3) is 33.4 Å². The van der Waals surface area contributed by atoms with Crippen molar-refractivity contribution in [1.29, 1.82) is 0 Å². The normalized spacial score (nSPS) is 10.5. The highest BCUT2D eigenvalue weighted by atomic mass is 16.5. The maximum Gasteiger partial charge on any atom is 0.343 e. The smallest absolute Gasteiger partial charge is 0.343 e. The number of benzene rings is 7. The molecule has 0 aromatic heterocycles. The van der Waals surface area contributed by atoms with Crippen LogP contribution in [0.3, 0.4) is 0 Å². The molecule has 0 atom stereocenters. The first-order valence-corrected chi connectivity index (χ1v) is 20.9. The third-order valence-electron chi connectivity index (χ3n) is 10.2. The number of aldehydes is 2. The van der Waals surface area contributed by atoms with E-state index >= 15 is 0 Å². The zero-order chi connectivity index (χ0) is 47.1. The van der Waals surface area contributed by atoms with E-state index in [0.717, 1.165) is 39.5 Å². The molecule has 0 bridgehead atoms. The van der Waals surface area contributed by atoms with Crippen LogP contribution >= 0.6 is 0 Å². The lowest BCUT2D eigenvalue weighted by atomic mass is 9.92. The Morgan fingerprint density at radius 2 is 0.672 bits per heavy atom. The van der Waals surface area contributed by atoms with Crippen LogP contribution in [0.4, 0.5) is 0 Å². The Hall–Kier alpha value is -9.03. The molecule has 0 aliphatic heterocycles. The van der Waals surface area contributed by atoms with Crippen LogP contribution in [0.2, 0.25) is 0 Å². The van der Waals surface area contributed by atoms with Gasteiger partial charge in [0.1, 0.15) is 29.8 Å². The minimum Gasteiger partial charge on any atom is -0.463 e. The Labute approximate surface area is 385 Å². The first kappa shape index (κ1) is 46.0. The fourth-order valence-corrected chi connectivity index (χ4v) is 6.59. The monoisotopic (exact) mass is 892 g/mol. The molecular formula is C55H40O12. The highest BCUT2D eigenvalue weighted by Gasteiger charge is 2.16.